The molecule has 1 aromatic carbocycles. The Bertz CT molecular complexity index is 1140. The highest BCUT2D eigenvalue weighted by Gasteiger charge is 2.42. The molecule has 1 amide bonds. The molecule has 4 heterocycles. The van der Waals surface area contributed by atoms with Crippen molar-refractivity contribution in [1.29, 1.82) is 0 Å². The Hall–Kier alpha value is -3.14. The summed E-state index contributed by atoms with van der Waals surface area (Å²) in [5.41, 5.74) is 1.81. The molecule has 0 aliphatic carbocycles. The van der Waals surface area contributed by atoms with Crippen LogP contribution < -0.4 is 5.32 Å². The number of hydrogen-bond donors (Lipinski definition) is 2. The van der Waals surface area contributed by atoms with Crippen molar-refractivity contribution in [1.82, 2.24) is 14.8 Å². The van der Waals surface area contributed by atoms with Crippen LogP contribution in [0.3, 0.4) is 0 Å². The average Bonchev–Trinajstić information content (AvgIpc) is 2.85. The molecule has 2 fully saturated rings. The van der Waals surface area contributed by atoms with E-state index in [1.807, 2.05) is 4.90 Å². The van der Waals surface area contributed by atoms with Crippen LogP contribution in [-0.2, 0) is 28.6 Å². The predicted molar refractivity (Wildman–Crippen MR) is 131 cm³/mol. The van der Waals surface area contributed by atoms with Crippen LogP contribution in [0.1, 0.15) is 47.7 Å². The second-order valence-corrected chi connectivity index (χ2v) is 10.3. The molecule has 10 heteroatoms. The molecule has 5 rings (SSSR count). The standard InChI is InChI=1S/C27H31F3N4O3/c28-27(29,30)21-6-3-18(4-7-21)23(26(36)37)34-15-20(16-34)25(35)33-12-9-17(10-13-33)14-22-8-5-19-2-1-11-31-24(19)32-22/h3-8,17,20,23H,1-2,9-16H2,(H,31,32)(H,36,37). The highest BCUT2D eigenvalue weighted by molar-refractivity contribution is 5.81. The number of benzene rings is 1. The number of anilines is 1. The Morgan fingerprint density at radius 1 is 1.08 bits per heavy atom. The van der Waals surface area contributed by atoms with Crippen molar-refractivity contribution in [3.8, 4) is 0 Å². The van der Waals surface area contributed by atoms with Crippen molar-refractivity contribution in [3.63, 3.8) is 0 Å². The Balaban J connectivity index is 1.12. The lowest BCUT2D eigenvalue weighted by Gasteiger charge is -2.44. The van der Waals surface area contributed by atoms with Gasteiger partial charge in [0.25, 0.3) is 0 Å². The number of carbonyl (C=O) groups is 2. The SMILES string of the molecule is O=C(O)C(c1ccc(C(F)(F)F)cc1)N1CC(C(=O)N2CCC(Cc3ccc4c(n3)NCCC4)CC2)C1. The van der Waals surface area contributed by atoms with Crippen molar-refractivity contribution >= 4 is 17.7 Å². The smallest absolute Gasteiger partial charge is 0.416 e. The van der Waals surface area contributed by atoms with Gasteiger partial charge in [0.1, 0.15) is 11.9 Å². The lowest BCUT2D eigenvalue weighted by Crippen LogP contribution is -2.57. The molecule has 1 aromatic heterocycles. The first-order chi connectivity index (χ1) is 17.7. The Labute approximate surface area is 213 Å². The van der Waals surface area contributed by atoms with Crippen LogP contribution in [0.2, 0.25) is 0 Å². The minimum atomic E-state index is -4.48. The number of carboxylic acids is 1. The van der Waals surface area contributed by atoms with Crippen molar-refractivity contribution in [3.05, 3.63) is 58.8 Å². The van der Waals surface area contributed by atoms with E-state index in [0.29, 0.717) is 19.0 Å². The average molecular weight is 517 g/mol. The van der Waals surface area contributed by atoms with Crippen LogP contribution in [0.15, 0.2) is 36.4 Å². The van der Waals surface area contributed by atoms with Gasteiger partial charge in [0, 0.05) is 38.4 Å². The Kier molecular flexibility index (Phi) is 7.11. The quantitative estimate of drug-likeness (QED) is 0.604. The number of aliphatic carboxylic acids is 1. The van der Waals surface area contributed by atoms with E-state index in [1.165, 1.54) is 17.7 Å². The molecule has 2 saturated heterocycles. The summed E-state index contributed by atoms with van der Waals surface area (Å²) in [5, 5.41) is 13.1. The zero-order valence-electron chi connectivity index (χ0n) is 20.5. The highest BCUT2D eigenvalue weighted by Crippen LogP contribution is 2.34. The molecule has 3 aliphatic rings. The van der Waals surface area contributed by atoms with E-state index >= 15 is 0 Å². The van der Waals surface area contributed by atoms with Gasteiger partial charge in [-0.25, -0.2) is 4.98 Å². The molecule has 7 nitrogen and oxygen atoms in total. The van der Waals surface area contributed by atoms with Crippen LogP contribution >= 0.6 is 0 Å². The van der Waals surface area contributed by atoms with Crippen LogP contribution in [0, 0.1) is 11.8 Å². The van der Waals surface area contributed by atoms with Crippen molar-refractivity contribution in [2.75, 3.05) is 38.0 Å². The molecule has 2 aromatic rings. The summed E-state index contributed by atoms with van der Waals surface area (Å²) in [4.78, 5) is 33.2. The number of nitrogens with zero attached hydrogens (tertiary/aromatic N) is 3. The number of carbonyl (C=O) groups excluding carboxylic acids is 1. The van der Waals surface area contributed by atoms with Gasteiger partial charge in [-0.2, -0.15) is 13.2 Å². The first-order valence-electron chi connectivity index (χ1n) is 12.8. The van der Waals surface area contributed by atoms with Gasteiger partial charge in [0.2, 0.25) is 5.91 Å². The van der Waals surface area contributed by atoms with E-state index in [0.717, 1.165) is 62.3 Å². The fourth-order valence-corrected chi connectivity index (χ4v) is 5.64. The van der Waals surface area contributed by atoms with Gasteiger partial charge >= 0.3 is 12.1 Å². The van der Waals surface area contributed by atoms with E-state index in [9.17, 15) is 27.9 Å². The molecule has 198 valence electrons. The number of aryl methyl sites for hydroxylation is 1. The van der Waals surface area contributed by atoms with Crippen LogP contribution in [0.4, 0.5) is 19.0 Å². The predicted octanol–water partition coefficient (Wildman–Crippen LogP) is 4.00. The number of hydrogen-bond acceptors (Lipinski definition) is 5. The number of likely N-dealkylation sites (tertiary alicyclic amines) is 2. The zero-order chi connectivity index (χ0) is 26.2. The molecular weight excluding hydrogens is 485 g/mol. The fourth-order valence-electron chi connectivity index (χ4n) is 5.64. The topological polar surface area (TPSA) is 85.8 Å². The summed E-state index contributed by atoms with van der Waals surface area (Å²) in [6.07, 6.45) is 0.404. The number of rotatable bonds is 6. The summed E-state index contributed by atoms with van der Waals surface area (Å²) in [7, 11) is 0. The van der Waals surface area contributed by atoms with Gasteiger partial charge < -0.3 is 15.3 Å². The number of nitrogens with one attached hydrogen (secondary N) is 1. The lowest BCUT2D eigenvalue weighted by atomic mass is 9.89. The molecule has 3 aliphatic heterocycles. The first kappa shape index (κ1) is 25.5. The molecule has 0 saturated carbocycles. The van der Waals surface area contributed by atoms with Crippen LogP contribution in [0.5, 0.6) is 0 Å². The van der Waals surface area contributed by atoms with Gasteiger partial charge in [-0.15, -0.1) is 0 Å². The maximum atomic E-state index is 13.0. The number of carboxylic acid groups (broad SMARTS) is 1. The number of piperidine rings is 1. The fraction of sp³-hybridized carbons (Fsp3) is 0.519. The summed E-state index contributed by atoms with van der Waals surface area (Å²) in [6.45, 7) is 2.86. The van der Waals surface area contributed by atoms with Crippen LogP contribution in [0.25, 0.3) is 0 Å². The minimum absolute atomic E-state index is 0.0300. The molecule has 2 N–H and O–H groups in total. The number of aromatic nitrogens is 1. The van der Waals surface area contributed by atoms with E-state index in [-0.39, 0.29) is 30.5 Å². The van der Waals surface area contributed by atoms with Gasteiger partial charge in [0.05, 0.1) is 11.5 Å². The number of halogens is 3. The highest BCUT2D eigenvalue weighted by atomic mass is 19.4. The summed E-state index contributed by atoms with van der Waals surface area (Å²) < 4.78 is 38.6. The van der Waals surface area contributed by atoms with E-state index in [2.05, 4.69) is 17.4 Å². The van der Waals surface area contributed by atoms with Crippen molar-refractivity contribution in [2.24, 2.45) is 11.8 Å². The molecule has 0 radical (unpaired) electrons. The second-order valence-electron chi connectivity index (χ2n) is 10.3. The normalized spacial score (nSPS) is 20.0. The maximum absolute atomic E-state index is 13.0. The molecule has 0 spiro atoms. The molecule has 37 heavy (non-hydrogen) atoms. The lowest BCUT2D eigenvalue weighted by molar-refractivity contribution is -0.153. The Morgan fingerprint density at radius 2 is 1.78 bits per heavy atom. The largest absolute Gasteiger partial charge is 0.480 e. The number of alkyl halides is 3. The number of pyridine rings is 1. The molecular formula is C27H31F3N4O3. The third kappa shape index (κ3) is 5.58. The maximum Gasteiger partial charge on any atom is 0.416 e. The first-order valence-corrected chi connectivity index (χ1v) is 12.8. The Morgan fingerprint density at radius 3 is 2.43 bits per heavy atom. The van der Waals surface area contributed by atoms with Crippen molar-refractivity contribution in [2.45, 2.75) is 44.3 Å². The van der Waals surface area contributed by atoms with Gasteiger partial charge in [0.15, 0.2) is 0 Å². The second kappa shape index (κ2) is 10.3. The number of fused-ring (bicyclic) bond motifs is 1. The third-order valence-corrected chi connectivity index (χ3v) is 7.79. The van der Waals surface area contributed by atoms with Gasteiger partial charge in [-0.05, 0) is 67.3 Å². The summed E-state index contributed by atoms with van der Waals surface area (Å²) in [5.74, 6) is 0.0649. The monoisotopic (exact) mass is 516 g/mol. The molecule has 0 bridgehead atoms. The zero-order valence-corrected chi connectivity index (χ0v) is 20.5. The van der Waals surface area contributed by atoms with Gasteiger partial charge in [-0.1, -0.05) is 18.2 Å². The third-order valence-electron chi connectivity index (χ3n) is 7.79. The van der Waals surface area contributed by atoms with Crippen LogP contribution in [-0.4, -0.2) is 64.5 Å². The van der Waals surface area contributed by atoms with E-state index in [1.54, 1.807) is 4.90 Å². The van der Waals surface area contributed by atoms with E-state index < -0.39 is 23.8 Å². The molecule has 1 atom stereocenters. The van der Waals surface area contributed by atoms with Gasteiger partial charge in [-0.3, -0.25) is 14.5 Å². The summed E-state index contributed by atoms with van der Waals surface area (Å²) in [6, 6.07) is 7.41. The van der Waals surface area contributed by atoms with E-state index in [4.69, 9.17) is 4.98 Å². The summed E-state index contributed by atoms with van der Waals surface area (Å²) >= 11 is 0. The van der Waals surface area contributed by atoms with Crippen molar-refractivity contribution < 1.29 is 27.9 Å². The number of amides is 1. The minimum Gasteiger partial charge on any atom is -0.480 e. The molecule has 1 unspecified atom stereocenters.